The van der Waals surface area contributed by atoms with Gasteiger partial charge in [0.05, 0.1) is 24.3 Å². The zero-order chi connectivity index (χ0) is 33.2. The fourth-order valence-corrected chi connectivity index (χ4v) is 6.18. The molecule has 7 N–H and O–H groups in total. The second-order valence-electron chi connectivity index (χ2n) is 12.0. The number of aromatic nitrogens is 1. The lowest BCUT2D eigenvalue weighted by molar-refractivity contribution is -0.126. The summed E-state index contributed by atoms with van der Waals surface area (Å²) in [7, 11) is 0. The highest BCUT2D eigenvalue weighted by Gasteiger charge is 2.26. The maximum Gasteiger partial charge on any atom is 0.405 e. The first kappa shape index (κ1) is 33.5. The van der Waals surface area contributed by atoms with Crippen LogP contribution < -0.4 is 26.2 Å². The number of H-pyrrole nitrogens is 1. The van der Waals surface area contributed by atoms with Crippen LogP contribution in [-0.2, 0) is 4.79 Å². The summed E-state index contributed by atoms with van der Waals surface area (Å²) in [6.07, 6.45) is 2.16. The third kappa shape index (κ3) is 9.11. The van der Waals surface area contributed by atoms with Crippen LogP contribution in [0.5, 0.6) is 11.5 Å². The van der Waals surface area contributed by atoms with E-state index in [1.807, 2.05) is 54.6 Å². The Morgan fingerprint density at radius 1 is 0.915 bits per heavy atom. The lowest BCUT2D eigenvalue weighted by atomic mass is 9.82. The number of amides is 2. The second kappa shape index (κ2) is 16.1. The van der Waals surface area contributed by atoms with Crippen LogP contribution in [0.25, 0.3) is 10.9 Å². The van der Waals surface area contributed by atoms with Gasteiger partial charge in [0.1, 0.15) is 11.5 Å². The van der Waals surface area contributed by atoms with Crippen molar-refractivity contribution in [1.82, 2.24) is 20.9 Å². The number of phenols is 1. The van der Waals surface area contributed by atoms with Crippen molar-refractivity contribution < 1.29 is 29.6 Å². The third-order valence-electron chi connectivity index (χ3n) is 8.73. The number of rotatable bonds is 14. The average molecular weight is 643 g/mol. The van der Waals surface area contributed by atoms with E-state index in [4.69, 9.17) is 4.74 Å². The van der Waals surface area contributed by atoms with Crippen molar-refractivity contribution in [1.29, 1.82) is 0 Å². The molecule has 1 fully saturated rings. The van der Waals surface area contributed by atoms with Crippen LogP contribution in [0.4, 0.5) is 4.79 Å². The standard InChI is InChI=1S/C36H42N4O7/c41-30-16-14-28(29-15-17-32(43)39-34(29)30)31(42)21-37-18-5-19-38-35(44)25-12-10-23(11-13-25)22-47-27-9-4-8-26(20-27)33(40-36(45)46)24-6-2-1-3-7-24/h1-4,6-9,14-17,20,23,25,31,33,37,40-42H,5,10-13,18-19,21-22H2,(H,38,44)(H,39,43)(H,45,46)/t23?,25?,31-,33?/m1/s1. The number of fused-ring (bicyclic) bond motifs is 1. The van der Waals surface area contributed by atoms with Gasteiger partial charge in [0, 0.05) is 30.5 Å². The van der Waals surface area contributed by atoms with E-state index in [2.05, 4.69) is 20.9 Å². The average Bonchev–Trinajstić information content (AvgIpc) is 3.08. The number of nitrogens with one attached hydrogen (secondary N) is 4. The van der Waals surface area contributed by atoms with Crippen LogP contribution in [0.3, 0.4) is 0 Å². The molecule has 1 heterocycles. The van der Waals surface area contributed by atoms with Gasteiger partial charge in [-0.05, 0) is 85.5 Å². The fraction of sp³-hybridized carbons (Fsp3) is 0.361. The van der Waals surface area contributed by atoms with Crippen molar-refractivity contribution >= 4 is 22.9 Å². The smallest absolute Gasteiger partial charge is 0.405 e. The number of carboxylic acid groups (broad SMARTS) is 1. The molecule has 1 unspecified atom stereocenters. The van der Waals surface area contributed by atoms with Gasteiger partial charge in [0.2, 0.25) is 11.5 Å². The number of phenolic OH excluding ortho intramolecular Hbond substituents is 1. The minimum absolute atomic E-state index is 0.0210. The van der Waals surface area contributed by atoms with Gasteiger partial charge in [0.15, 0.2) is 0 Å². The topological polar surface area (TPSA) is 173 Å². The molecule has 1 aromatic heterocycles. The highest BCUT2D eigenvalue weighted by molar-refractivity contribution is 5.87. The first-order chi connectivity index (χ1) is 22.8. The first-order valence-electron chi connectivity index (χ1n) is 16.1. The van der Waals surface area contributed by atoms with Gasteiger partial charge in [-0.15, -0.1) is 0 Å². The van der Waals surface area contributed by atoms with Crippen molar-refractivity contribution in [2.75, 3.05) is 26.2 Å². The van der Waals surface area contributed by atoms with Gasteiger partial charge in [0.25, 0.3) is 0 Å². The van der Waals surface area contributed by atoms with E-state index < -0.39 is 18.2 Å². The Balaban J connectivity index is 0.996. The molecule has 1 aliphatic rings. The number of aromatic hydroxyl groups is 1. The van der Waals surface area contributed by atoms with Crippen LogP contribution in [0, 0.1) is 11.8 Å². The summed E-state index contributed by atoms with van der Waals surface area (Å²) in [5.41, 5.74) is 2.22. The van der Waals surface area contributed by atoms with Crippen molar-refractivity contribution in [2.45, 2.75) is 44.2 Å². The predicted molar refractivity (Wildman–Crippen MR) is 179 cm³/mol. The van der Waals surface area contributed by atoms with E-state index in [0.29, 0.717) is 54.3 Å². The lowest BCUT2D eigenvalue weighted by Gasteiger charge is -2.28. The van der Waals surface area contributed by atoms with Crippen molar-refractivity contribution in [2.24, 2.45) is 11.8 Å². The maximum atomic E-state index is 12.8. The summed E-state index contributed by atoms with van der Waals surface area (Å²) in [5, 5.41) is 39.6. The summed E-state index contributed by atoms with van der Waals surface area (Å²) >= 11 is 0. The molecule has 47 heavy (non-hydrogen) atoms. The Morgan fingerprint density at radius 2 is 1.68 bits per heavy atom. The number of aliphatic hydroxyl groups excluding tert-OH is 1. The van der Waals surface area contributed by atoms with Crippen LogP contribution in [0.2, 0.25) is 0 Å². The number of benzene rings is 3. The van der Waals surface area contributed by atoms with E-state index >= 15 is 0 Å². The number of aromatic amines is 1. The molecule has 248 valence electrons. The number of pyridine rings is 1. The summed E-state index contributed by atoms with van der Waals surface area (Å²) in [6, 6.07) is 22.5. The summed E-state index contributed by atoms with van der Waals surface area (Å²) in [5.74, 6) is 1.02. The maximum absolute atomic E-state index is 12.8. The molecule has 3 aromatic carbocycles. The molecule has 0 bridgehead atoms. The highest BCUT2D eigenvalue weighted by Crippen LogP contribution is 2.31. The quantitative estimate of drug-likeness (QED) is 0.0978. The van der Waals surface area contributed by atoms with E-state index in [9.17, 15) is 29.7 Å². The number of carbonyl (C=O) groups is 2. The van der Waals surface area contributed by atoms with Gasteiger partial charge in [-0.3, -0.25) is 9.59 Å². The molecule has 4 aromatic rings. The van der Waals surface area contributed by atoms with E-state index in [-0.39, 0.29) is 29.7 Å². The molecule has 2 atom stereocenters. The Morgan fingerprint density at radius 3 is 2.45 bits per heavy atom. The Bertz CT molecular complexity index is 1700. The molecule has 11 nitrogen and oxygen atoms in total. The largest absolute Gasteiger partial charge is 0.506 e. The van der Waals surface area contributed by atoms with E-state index in [1.165, 1.54) is 12.1 Å². The minimum atomic E-state index is -1.10. The summed E-state index contributed by atoms with van der Waals surface area (Å²) < 4.78 is 6.13. The van der Waals surface area contributed by atoms with Gasteiger partial charge in [-0.25, -0.2) is 4.79 Å². The van der Waals surface area contributed by atoms with E-state index in [1.54, 1.807) is 12.1 Å². The SMILES string of the molecule is O=C(O)NC(c1ccccc1)c1cccc(OCC2CCC(C(=O)NCCCNC[C@@H](O)c3ccc(O)c4[nH]c(=O)ccc34)CC2)c1. The van der Waals surface area contributed by atoms with Crippen LogP contribution in [-0.4, -0.2) is 58.5 Å². The van der Waals surface area contributed by atoms with Crippen LogP contribution >= 0.6 is 0 Å². The molecular weight excluding hydrogens is 600 g/mol. The fourth-order valence-electron chi connectivity index (χ4n) is 6.18. The Hall–Kier alpha value is -4.87. The predicted octanol–water partition coefficient (Wildman–Crippen LogP) is 4.61. The Kier molecular flexibility index (Phi) is 11.5. The molecule has 0 radical (unpaired) electrons. The molecule has 11 heteroatoms. The molecule has 5 rings (SSSR count). The number of carbonyl (C=O) groups excluding carboxylic acids is 1. The molecule has 0 saturated heterocycles. The molecule has 2 amide bonds. The zero-order valence-electron chi connectivity index (χ0n) is 26.2. The van der Waals surface area contributed by atoms with Gasteiger partial charge in [-0.2, -0.15) is 0 Å². The molecule has 1 aliphatic carbocycles. The van der Waals surface area contributed by atoms with Crippen molar-refractivity contribution in [3.8, 4) is 11.5 Å². The van der Waals surface area contributed by atoms with Gasteiger partial charge in [-0.1, -0.05) is 48.5 Å². The summed E-state index contributed by atoms with van der Waals surface area (Å²) in [6.45, 7) is 1.96. The minimum Gasteiger partial charge on any atom is -0.506 e. The first-order valence-corrected chi connectivity index (χ1v) is 16.1. The van der Waals surface area contributed by atoms with E-state index in [0.717, 1.165) is 36.8 Å². The van der Waals surface area contributed by atoms with Crippen LogP contribution in [0.1, 0.15) is 60.9 Å². The van der Waals surface area contributed by atoms with Crippen molar-refractivity contribution in [3.63, 3.8) is 0 Å². The second-order valence-corrected chi connectivity index (χ2v) is 12.0. The molecule has 0 spiro atoms. The normalized spacial score (nSPS) is 17.5. The van der Waals surface area contributed by atoms with Crippen LogP contribution in [0.15, 0.2) is 83.7 Å². The number of hydrogen-bond donors (Lipinski definition) is 7. The number of ether oxygens (including phenoxy) is 1. The highest BCUT2D eigenvalue weighted by atomic mass is 16.5. The molecule has 0 aliphatic heterocycles. The monoisotopic (exact) mass is 642 g/mol. The lowest BCUT2D eigenvalue weighted by Crippen LogP contribution is -2.35. The number of aliphatic hydroxyl groups is 1. The molecular formula is C36H42N4O7. The zero-order valence-corrected chi connectivity index (χ0v) is 26.2. The summed E-state index contributed by atoms with van der Waals surface area (Å²) in [4.78, 5) is 38.5. The Labute approximate surface area is 273 Å². The number of hydrogen-bond acceptors (Lipinski definition) is 7. The van der Waals surface area contributed by atoms with Gasteiger partial charge >= 0.3 is 6.09 Å². The van der Waals surface area contributed by atoms with Crippen molar-refractivity contribution in [3.05, 3.63) is 106 Å². The van der Waals surface area contributed by atoms with Gasteiger partial charge < -0.3 is 41.0 Å². The third-order valence-corrected chi connectivity index (χ3v) is 8.73. The molecule has 1 saturated carbocycles.